The molecule has 1 N–H and O–H groups in total. The second kappa shape index (κ2) is 11.0. The average Bonchev–Trinajstić information content (AvgIpc) is 2.67. The molecule has 0 aliphatic heterocycles. The molecule has 0 amide bonds. The van der Waals surface area contributed by atoms with E-state index < -0.39 is 6.10 Å². The van der Waals surface area contributed by atoms with Crippen LogP contribution in [0.15, 0.2) is 42.6 Å². The topological polar surface area (TPSA) is 33.1 Å². The maximum Gasteiger partial charge on any atom is 0.0794 e. The summed E-state index contributed by atoms with van der Waals surface area (Å²) in [6.07, 6.45) is 12.8. The van der Waals surface area contributed by atoms with E-state index in [9.17, 15) is 5.11 Å². The highest BCUT2D eigenvalue weighted by Gasteiger charge is 2.12. The fourth-order valence-corrected chi connectivity index (χ4v) is 3.26. The highest BCUT2D eigenvalue weighted by atomic mass is 16.3. The van der Waals surface area contributed by atoms with Gasteiger partial charge in [-0.2, -0.15) is 0 Å². The Hall–Kier alpha value is -1.67. The molecule has 136 valence electrons. The van der Waals surface area contributed by atoms with Crippen LogP contribution < -0.4 is 0 Å². The lowest BCUT2D eigenvalue weighted by Crippen LogP contribution is -1.99. The Morgan fingerprint density at radius 3 is 2.28 bits per heavy atom. The lowest BCUT2D eigenvalue weighted by molar-refractivity contribution is 0.174. The molecule has 1 aromatic carbocycles. The maximum atomic E-state index is 10.2. The number of aliphatic hydroxyl groups is 1. The van der Waals surface area contributed by atoms with Crippen LogP contribution in [-0.4, -0.2) is 10.1 Å². The van der Waals surface area contributed by atoms with Crippen LogP contribution in [-0.2, 0) is 6.42 Å². The van der Waals surface area contributed by atoms with Gasteiger partial charge in [0.25, 0.3) is 0 Å². The monoisotopic (exact) mass is 339 g/mol. The lowest BCUT2D eigenvalue weighted by Gasteiger charge is -2.14. The van der Waals surface area contributed by atoms with E-state index in [1.54, 1.807) is 0 Å². The van der Waals surface area contributed by atoms with Gasteiger partial charge in [0.2, 0.25) is 0 Å². The van der Waals surface area contributed by atoms with Gasteiger partial charge in [-0.3, -0.25) is 4.98 Å². The van der Waals surface area contributed by atoms with Crippen molar-refractivity contribution >= 4 is 0 Å². The third-order valence-corrected chi connectivity index (χ3v) is 4.88. The molecule has 25 heavy (non-hydrogen) atoms. The molecule has 0 aliphatic rings. The van der Waals surface area contributed by atoms with Gasteiger partial charge in [-0.25, -0.2) is 0 Å². The Morgan fingerprint density at radius 1 is 0.880 bits per heavy atom. The van der Waals surface area contributed by atoms with Crippen LogP contribution >= 0.6 is 0 Å². The number of nitrogens with zero attached hydrogens (tertiary/aromatic N) is 1. The van der Waals surface area contributed by atoms with Crippen molar-refractivity contribution in [1.29, 1.82) is 0 Å². The Bertz CT molecular complexity index is 606. The van der Waals surface area contributed by atoms with Crippen LogP contribution in [0.3, 0.4) is 0 Å². The van der Waals surface area contributed by atoms with Crippen molar-refractivity contribution in [3.63, 3.8) is 0 Å². The molecular formula is C23H33NO. The number of rotatable bonds is 11. The molecule has 0 spiro atoms. The first-order valence-corrected chi connectivity index (χ1v) is 9.98. The van der Waals surface area contributed by atoms with Gasteiger partial charge in [0.15, 0.2) is 0 Å². The van der Waals surface area contributed by atoms with Crippen molar-refractivity contribution in [1.82, 2.24) is 4.98 Å². The van der Waals surface area contributed by atoms with Crippen molar-refractivity contribution in [2.24, 2.45) is 0 Å². The fourth-order valence-electron chi connectivity index (χ4n) is 3.26. The first-order valence-electron chi connectivity index (χ1n) is 9.98. The molecule has 2 heteroatoms. The van der Waals surface area contributed by atoms with Gasteiger partial charge in [0.1, 0.15) is 0 Å². The number of aromatic nitrogens is 1. The van der Waals surface area contributed by atoms with Crippen molar-refractivity contribution in [2.45, 2.75) is 77.7 Å². The summed E-state index contributed by atoms with van der Waals surface area (Å²) in [5.41, 5.74) is 4.27. The number of aryl methyl sites for hydroxylation is 1. The van der Waals surface area contributed by atoms with E-state index in [0.29, 0.717) is 6.42 Å². The summed E-state index contributed by atoms with van der Waals surface area (Å²) in [6.45, 7) is 4.26. The van der Waals surface area contributed by atoms with Crippen LogP contribution in [0.5, 0.6) is 0 Å². The van der Waals surface area contributed by atoms with Crippen LogP contribution in [0, 0.1) is 0 Å². The first kappa shape index (κ1) is 19.7. The van der Waals surface area contributed by atoms with Gasteiger partial charge in [0, 0.05) is 11.8 Å². The molecule has 0 bridgehead atoms. The first-order chi connectivity index (χ1) is 12.3. The van der Waals surface area contributed by atoms with E-state index in [2.05, 4.69) is 24.0 Å². The summed E-state index contributed by atoms with van der Waals surface area (Å²) in [5.74, 6) is 0. The fraction of sp³-hybridized carbons (Fsp3) is 0.522. The smallest absolute Gasteiger partial charge is 0.0794 e. The van der Waals surface area contributed by atoms with Crippen molar-refractivity contribution in [3.05, 3.63) is 53.7 Å². The number of unbranched alkanes of at least 4 members (excludes halogenated alkanes) is 6. The number of hydrogen-bond donors (Lipinski definition) is 1. The van der Waals surface area contributed by atoms with E-state index in [1.807, 2.05) is 37.4 Å². The molecule has 0 radical (unpaired) electrons. The minimum Gasteiger partial charge on any atom is -0.388 e. The largest absolute Gasteiger partial charge is 0.388 e. The summed E-state index contributed by atoms with van der Waals surface area (Å²) in [4.78, 5) is 4.65. The van der Waals surface area contributed by atoms with Gasteiger partial charge in [0.05, 0.1) is 11.8 Å². The van der Waals surface area contributed by atoms with Gasteiger partial charge in [-0.15, -0.1) is 0 Å². The predicted molar refractivity (Wildman–Crippen MR) is 107 cm³/mol. The maximum absolute atomic E-state index is 10.2. The van der Waals surface area contributed by atoms with Gasteiger partial charge in [-0.1, -0.05) is 82.7 Å². The Morgan fingerprint density at radius 2 is 1.60 bits per heavy atom. The summed E-state index contributed by atoms with van der Waals surface area (Å²) in [6, 6.07) is 12.3. The van der Waals surface area contributed by atoms with Crippen LogP contribution in [0.25, 0.3) is 11.3 Å². The quantitative estimate of drug-likeness (QED) is 0.475. The molecule has 0 aliphatic carbocycles. The Balaban J connectivity index is 1.88. The van der Waals surface area contributed by atoms with Crippen LogP contribution in [0.1, 0.15) is 82.4 Å². The van der Waals surface area contributed by atoms with Gasteiger partial charge >= 0.3 is 0 Å². The molecule has 0 saturated heterocycles. The normalized spacial score (nSPS) is 12.3. The van der Waals surface area contributed by atoms with Crippen LogP contribution in [0.4, 0.5) is 0 Å². The van der Waals surface area contributed by atoms with E-state index in [0.717, 1.165) is 23.2 Å². The van der Waals surface area contributed by atoms with Gasteiger partial charge < -0.3 is 5.11 Å². The lowest BCUT2D eigenvalue weighted by atomic mass is 9.97. The molecule has 0 saturated carbocycles. The van der Waals surface area contributed by atoms with Crippen molar-refractivity contribution in [2.75, 3.05) is 0 Å². The molecular weight excluding hydrogens is 306 g/mol. The van der Waals surface area contributed by atoms with E-state index in [-0.39, 0.29) is 0 Å². The number of pyridine rings is 1. The average molecular weight is 340 g/mol. The third-order valence-electron chi connectivity index (χ3n) is 4.88. The highest BCUT2D eigenvalue weighted by Crippen LogP contribution is 2.28. The molecule has 2 aromatic rings. The molecule has 1 unspecified atom stereocenters. The number of aliphatic hydroxyl groups excluding tert-OH is 1. The predicted octanol–water partition coefficient (Wildman–Crippen LogP) is 6.49. The van der Waals surface area contributed by atoms with E-state index in [4.69, 9.17) is 0 Å². The zero-order valence-corrected chi connectivity index (χ0v) is 15.9. The zero-order chi connectivity index (χ0) is 17.9. The minimum atomic E-state index is -0.426. The molecule has 1 aromatic heterocycles. The van der Waals surface area contributed by atoms with Crippen molar-refractivity contribution in [3.8, 4) is 11.3 Å². The van der Waals surface area contributed by atoms with E-state index >= 15 is 0 Å². The summed E-state index contributed by atoms with van der Waals surface area (Å²) >= 11 is 0. The zero-order valence-electron chi connectivity index (χ0n) is 15.9. The molecule has 2 nitrogen and oxygen atoms in total. The Labute approximate surface area is 153 Å². The molecule has 1 atom stereocenters. The molecule has 2 rings (SSSR count). The van der Waals surface area contributed by atoms with E-state index in [1.165, 1.54) is 50.5 Å². The van der Waals surface area contributed by atoms with Crippen molar-refractivity contribution < 1.29 is 5.11 Å². The molecule has 1 heterocycles. The highest BCUT2D eigenvalue weighted by molar-refractivity contribution is 5.64. The summed E-state index contributed by atoms with van der Waals surface area (Å²) < 4.78 is 0. The number of benzene rings is 1. The standard InChI is InChI=1S/C23H33NO/c1-3-5-6-7-8-9-10-13-19-16-17-22(24-18-19)20-14-11-12-15-21(20)23(25)4-2/h11-12,14-18,23,25H,3-10,13H2,1-2H3. The SMILES string of the molecule is CCCCCCCCCc1ccc(-c2ccccc2C(O)CC)nc1. The third kappa shape index (κ3) is 6.28. The van der Waals surface area contributed by atoms with Crippen LogP contribution in [0.2, 0.25) is 0 Å². The second-order valence-corrected chi connectivity index (χ2v) is 6.93. The minimum absolute atomic E-state index is 0.426. The summed E-state index contributed by atoms with van der Waals surface area (Å²) in [5, 5.41) is 10.2. The number of hydrogen-bond acceptors (Lipinski definition) is 2. The molecule has 0 fully saturated rings. The Kier molecular flexibility index (Phi) is 8.68. The summed E-state index contributed by atoms with van der Waals surface area (Å²) in [7, 11) is 0. The second-order valence-electron chi connectivity index (χ2n) is 6.93. The van der Waals surface area contributed by atoms with Gasteiger partial charge in [-0.05, 0) is 36.5 Å².